The van der Waals surface area contributed by atoms with Gasteiger partial charge in [-0.05, 0) is 74.3 Å². The van der Waals surface area contributed by atoms with Gasteiger partial charge in [-0.3, -0.25) is 9.78 Å². The second-order valence-corrected chi connectivity index (χ2v) is 8.76. The van der Waals surface area contributed by atoms with Crippen molar-refractivity contribution in [3.8, 4) is 0 Å². The van der Waals surface area contributed by atoms with Crippen LogP contribution in [-0.4, -0.2) is 41.0 Å². The number of aromatic nitrogens is 2. The number of anilines is 1. The molecule has 158 valence electrons. The van der Waals surface area contributed by atoms with Crippen molar-refractivity contribution in [2.75, 3.05) is 26.0 Å². The fourth-order valence-electron chi connectivity index (χ4n) is 3.34. The van der Waals surface area contributed by atoms with Crippen LogP contribution in [0.3, 0.4) is 0 Å². The van der Waals surface area contributed by atoms with Gasteiger partial charge in [-0.1, -0.05) is 6.07 Å². The molecule has 0 aliphatic heterocycles. The summed E-state index contributed by atoms with van der Waals surface area (Å²) in [6, 6.07) is 19.9. The molecule has 2 aromatic heterocycles. The van der Waals surface area contributed by atoms with Gasteiger partial charge in [0.25, 0.3) is 5.91 Å². The summed E-state index contributed by atoms with van der Waals surface area (Å²) in [7, 11) is 4.15. The van der Waals surface area contributed by atoms with Crippen molar-refractivity contribution in [1.29, 1.82) is 0 Å². The molecule has 4 aromatic rings. The molecule has 0 aliphatic rings. The van der Waals surface area contributed by atoms with Gasteiger partial charge in [-0.2, -0.15) is 0 Å². The molecule has 0 saturated heterocycles. The molecule has 4 rings (SSSR count). The maximum Gasteiger partial charge on any atom is 0.255 e. The van der Waals surface area contributed by atoms with Crippen molar-refractivity contribution in [3.63, 3.8) is 0 Å². The minimum atomic E-state index is -0.102. The van der Waals surface area contributed by atoms with Crippen LogP contribution in [0.5, 0.6) is 0 Å². The fourth-order valence-corrected chi connectivity index (χ4v) is 4.17. The topological polar surface area (TPSA) is 50.2 Å². The molecule has 1 N–H and O–H groups in total. The van der Waals surface area contributed by atoms with Gasteiger partial charge in [0, 0.05) is 64.5 Å². The van der Waals surface area contributed by atoms with E-state index in [1.165, 1.54) is 11.1 Å². The van der Waals surface area contributed by atoms with Crippen molar-refractivity contribution < 1.29 is 4.79 Å². The van der Waals surface area contributed by atoms with Gasteiger partial charge in [-0.15, -0.1) is 11.8 Å². The molecule has 5 nitrogen and oxygen atoms in total. The highest BCUT2D eigenvalue weighted by molar-refractivity contribution is 7.98. The van der Waals surface area contributed by atoms with E-state index < -0.39 is 0 Å². The average Bonchev–Trinajstić information content (AvgIpc) is 3.19. The molecular weight excluding hydrogens is 404 g/mol. The number of nitrogens with one attached hydrogen (secondary N) is 1. The first-order valence-electron chi connectivity index (χ1n) is 10.3. The molecule has 2 aromatic carbocycles. The number of benzene rings is 2. The van der Waals surface area contributed by atoms with Crippen LogP contribution < -0.4 is 5.32 Å². The zero-order chi connectivity index (χ0) is 21.6. The van der Waals surface area contributed by atoms with Crippen LogP contribution in [0.4, 0.5) is 5.69 Å². The maximum atomic E-state index is 12.7. The van der Waals surface area contributed by atoms with Gasteiger partial charge in [0.2, 0.25) is 0 Å². The minimum absolute atomic E-state index is 0.102. The number of likely N-dealkylation sites (N-methyl/N-ethyl adjacent to an activating group) is 1. The zero-order valence-corrected chi connectivity index (χ0v) is 18.6. The number of fused-ring (bicyclic) bond motifs is 1. The van der Waals surface area contributed by atoms with E-state index in [1.54, 1.807) is 18.0 Å². The van der Waals surface area contributed by atoms with E-state index >= 15 is 0 Å². The SMILES string of the molecule is CN(C)CCn1ccc2cc(NC(=O)c3ccc(SCc4cccnc4)cc3)ccc21. The van der Waals surface area contributed by atoms with E-state index in [2.05, 4.69) is 58.3 Å². The van der Waals surface area contributed by atoms with Gasteiger partial charge in [0.05, 0.1) is 0 Å². The molecule has 31 heavy (non-hydrogen) atoms. The summed E-state index contributed by atoms with van der Waals surface area (Å²) in [5.74, 6) is 0.753. The van der Waals surface area contributed by atoms with Gasteiger partial charge in [0.1, 0.15) is 0 Å². The standard InChI is InChI=1S/C25H26N4OS/c1-28(2)14-15-29-13-11-21-16-22(7-10-24(21)29)27-25(30)20-5-8-23(9-6-20)31-18-19-4-3-12-26-17-19/h3-13,16-17H,14-15,18H2,1-2H3,(H,27,30). The number of nitrogens with zero attached hydrogens (tertiary/aromatic N) is 3. The van der Waals surface area contributed by atoms with Crippen molar-refractivity contribution >= 4 is 34.3 Å². The number of pyridine rings is 1. The second kappa shape index (κ2) is 9.81. The third kappa shape index (κ3) is 5.54. The molecule has 0 aliphatic carbocycles. The molecule has 0 radical (unpaired) electrons. The molecule has 0 fully saturated rings. The zero-order valence-electron chi connectivity index (χ0n) is 17.8. The molecule has 0 spiro atoms. The highest BCUT2D eigenvalue weighted by atomic mass is 32.2. The molecule has 0 atom stereocenters. The highest BCUT2D eigenvalue weighted by Crippen LogP contribution is 2.24. The number of amides is 1. The van der Waals surface area contributed by atoms with Crippen LogP contribution >= 0.6 is 11.8 Å². The Kier molecular flexibility index (Phi) is 6.70. The smallest absolute Gasteiger partial charge is 0.255 e. The summed E-state index contributed by atoms with van der Waals surface area (Å²) in [5, 5.41) is 4.14. The third-order valence-electron chi connectivity index (χ3n) is 5.06. The molecule has 2 heterocycles. The van der Waals surface area contributed by atoms with Crippen LogP contribution in [0.1, 0.15) is 15.9 Å². The number of rotatable bonds is 8. The third-order valence-corrected chi connectivity index (χ3v) is 6.14. The first-order chi connectivity index (χ1) is 15.1. The average molecular weight is 431 g/mol. The van der Waals surface area contributed by atoms with Crippen molar-refractivity contribution in [2.24, 2.45) is 0 Å². The van der Waals surface area contributed by atoms with Crippen LogP contribution in [0.2, 0.25) is 0 Å². The number of thioether (sulfide) groups is 1. The van der Waals surface area contributed by atoms with Gasteiger partial charge >= 0.3 is 0 Å². The van der Waals surface area contributed by atoms with E-state index in [1.807, 2.05) is 48.7 Å². The van der Waals surface area contributed by atoms with E-state index in [0.29, 0.717) is 5.56 Å². The predicted octanol–water partition coefficient (Wildman–Crippen LogP) is 5.14. The van der Waals surface area contributed by atoms with Crippen LogP contribution in [0, 0.1) is 0 Å². The molecule has 0 saturated carbocycles. The molecular formula is C25H26N4OS. The molecule has 1 amide bonds. The van der Waals surface area contributed by atoms with E-state index in [4.69, 9.17) is 0 Å². The second-order valence-electron chi connectivity index (χ2n) is 7.71. The Morgan fingerprint density at radius 3 is 2.68 bits per heavy atom. The number of hydrogen-bond acceptors (Lipinski definition) is 4. The van der Waals surface area contributed by atoms with Crippen LogP contribution in [0.25, 0.3) is 10.9 Å². The lowest BCUT2D eigenvalue weighted by molar-refractivity contribution is 0.102. The van der Waals surface area contributed by atoms with Crippen molar-refractivity contribution in [2.45, 2.75) is 17.2 Å². The minimum Gasteiger partial charge on any atom is -0.346 e. The van der Waals surface area contributed by atoms with E-state index in [9.17, 15) is 4.79 Å². The Morgan fingerprint density at radius 2 is 1.94 bits per heavy atom. The lowest BCUT2D eigenvalue weighted by Crippen LogP contribution is -2.17. The number of carbonyl (C=O) groups excluding carboxylic acids is 1. The van der Waals surface area contributed by atoms with Crippen LogP contribution in [-0.2, 0) is 12.3 Å². The van der Waals surface area contributed by atoms with Crippen molar-refractivity contribution in [1.82, 2.24) is 14.5 Å². The lowest BCUT2D eigenvalue weighted by Gasteiger charge is -2.11. The first-order valence-corrected chi connectivity index (χ1v) is 11.2. The highest BCUT2D eigenvalue weighted by Gasteiger charge is 2.08. The fraction of sp³-hybridized carbons (Fsp3) is 0.200. The summed E-state index contributed by atoms with van der Waals surface area (Å²) in [4.78, 5) is 20.1. The van der Waals surface area contributed by atoms with E-state index in [-0.39, 0.29) is 5.91 Å². The monoisotopic (exact) mass is 430 g/mol. The summed E-state index contributed by atoms with van der Waals surface area (Å²) in [6.45, 7) is 1.92. The van der Waals surface area contributed by atoms with Crippen LogP contribution in [0.15, 0.2) is 84.1 Å². The summed E-state index contributed by atoms with van der Waals surface area (Å²) in [6.07, 6.45) is 5.75. The lowest BCUT2D eigenvalue weighted by atomic mass is 10.2. The summed E-state index contributed by atoms with van der Waals surface area (Å²) in [5.41, 5.74) is 3.81. The Labute approximate surface area is 187 Å². The van der Waals surface area contributed by atoms with Crippen molar-refractivity contribution in [3.05, 3.63) is 90.4 Å². The normalized spacial score (nSPS) is 11.2. The molecule has 6 heteroatoms. The van der Waals surface area contributed by atoms with E-state index in [0.717, 1.165) is 34.8 Å². The molecule has 0 bridgehead atoms. The van der Waals surface area contributed by atoms with Gasteiger partial charge in [-0.25, -0.2) is 0 Å². The van der Waals surface area contributed by atoms with Gasteiger partial charge in [0.15, 0.2) is 0 Å². The molecule has 0 unspecified atom stereocenters. The Balaban J connectivity index is 1.38. The number of hydrogen-bond donors (Lipinski definition) is 1. The largest absolute Gasteiger partial charge is 0.346 e. The Morgan fingerprint density at radius 1 is 1.10 bits per heavy atom. The predicted molar refractivity (Wildman–Crippen MR) is 129 cm³/mol. The quantitative estimate of drug-likeness (QED) is 0.393. The maximum absolute atomic E-state index is 12.7. The summed E-state index contributed by atoms with van der Waals surface area (Å²) >= 11 is 1.73. The Bertz CT molecular complexity index is 1150. The Hall–Kier alpha value is -3.09. The first kappa shape index (κ1) is 21.2. The number of carbonyl (C=O) groups is 1. The van der Waals surface area contributed by atoms with Gasteiger partial charge < -0.3 is 14.8 Å². The summed E-state index contributed by atoms with van der Waals surface area (Å²) < 4.78 is 2.24.